The Kier molecular flexibility index (Phi) is 10.3. The number of aromatic hydroxyl groups is 1. The van der Waals surface area contributed by atoms with E-state index in [1.54, 1.807) is 18.2 Å². The number of benzene rings is 2. The Hall–Kier alpha value is -2.32. The summed E-state index contributed by atoms with van der Waals surface area (Å²) in [5.74, 6) is -1.68. The largest absolute Gasteiger partial charge is 0.508 e. The summed E-state index contributed by atoms with van der Waals surface area (Å²) in [5, 5.41) is 32.0. The molecule has 0 saturated heterocycles. The van der Waals surface area contributed by atoms with Crippen LogP contribution in [0, 0.1) is 0 Å². The van der Waals surface area contributed by atoms with Gasteiger partial charge in [0.15, 0.2) is 0 Å². The van der Waals surface area contributed by atoms with Gasteiger partial charge >= 0.3 is 5.97 Å². The molecule has 0 spiro atoms. The smallest absolute Gasteiger partial charge is 0.326 e. The van der Waals surface area contributed by atoms with Gasteiger partial charge in [0.25, 0.3) is 5.91 Å². The van der Waals surface area contributed by atoms with Crippen molar-refractivity contribution < 1.29 is 24.9 Å². The van der Waals surface area contributed by atoms with E-state index in [1.807, 2.05) is 6.07 Å². The number of phenols is 1. The Morgan fingerprint density at radius 2 is 1.72 bits per heavy atom. The third-order valence-corrected chi connectivity index (χ3v) is 5.69. The summed E-state index contributed by atoms with van der Waals surface area (Å²) in [5.41, 5.74) is 6.71. The molecule has 0 aromatic heterocycles. The van der Waals surface area contributed by atoms with Crippen molar-refractivity contribution in [3.63, 3.8) is 0 Å². The number of aryl methyl sites for hydroxylation is 1. The maximum Gasteiger partial charge on any atom is 0.326 e. The number of hydrogen-bond acceptors (Lipinski definition) is 5. The number of carbonyl (C=O) groups is 2. The highest BCUT2D eigenvalue weighted by Gasteiger charge is 2.24. The lowest BCUT2D eigenvalue weighted by atomic mass is 9.99. The molecule has 0 heterocycles. The summed E-state index contributed by atoms with van der Waals surface area (Å²) in [7, 11) is 0. The van der Waals surface area contributed by atoms with Crippen LogP contribution in [0.2, 0.25) is 10.0 Å². The monoisotopic (exact) mass is 482 g/mol. The van der Waals surface area contributed by atoms with Crippen LogP contribution in [0.3, 0.4) is 0 Å². The molecule has 0 fully saturated rings. The number of hydrogen-bond donors (Lipinski definition) is 5. The number of nitrogens with two attached hydrogens (primary N) is 1. The molecule has 0 bridgehead atoms. The number of aliphatic carboxylic acids is 1. The summed E-state index contributed by atoms with van der Waals surface area (Å²) in [4.78, 5) is 24.2. The highest BCUT2D eigenvalue weighted by atomic mass is 35.5. The molecule has 0 aliphatic heterocycles. The number of nitrogens with one attached hydrogen (secondary N) is 1. The number of unbranched alkanes of at least 4 members (excludes halogenated alkanes) is 2. The molecule has 6 N–H and O–H groups in total. The molecule has 2 rings (SSSR count). The zero-order chi connectivity index (χ0) is 23.7. The fourth-order valence-corrected chi connectivity index (χ4v) is 4.02. The highest BCUT2D eigenvalue weighted by Crippen LogP contribution is 2.31. The molecule has 1 amide bonds. The average Bonchev–Trinajstić information content (AvgIpc) is 2.73. The van der Waals surface area contributed by atoms with Gasteiger partial charge in [-0.15, -0.1) is 0 Å². The minimum absolute atomic E-state index is 0.0219. The van der Waals surface area contributed by atoms with E-state index in [2.05, 4.69) is 5.32 Å². The van der Waals surface area contributed by atoms with Crippen molar-refractivity contribution in [1.29, 1.82) is 0 Å². The lowest BCUT2D eigenvalue weighted by molar-refractivity contribution is -0.139. The van der Waals surface area contributed by atoms with E-state index in [9.17, 15) is 24.9 Å². The van der Waals surface area contributed by atoms with Crippen molar-refractivity contribution in [3.8, 4) is 5.75 Å². The number of amides is 1. The molecule has 32 heavy (non-hydrogen) atoms. The predicted molar refractivity (Wildman–Crippen MR) is 124 cm³/mol. The number of carboxylic acids is 1. The minimum atomic E-state index is -1.14. The van der Waals surface area contributed by atoms with Crippen LogP contribution in [0.4, 0.5) is 0 Å². The van der Waals surface area contributed by atoms with E-state index in [0.29, 0.717) is 31.4 Å². The van der Waals surface area contributed by atoms with Crippen molar-refractivity contribution in [2.24, 2.45) is 5.73 Å². The van der Waals surface area contributed by atoms with E-state index < -0.39 is 24.0 Å². The van der Waals surface area contributed by atoms with Crippen molar-refractivity contribution in [3.05, 3.63) is 63.1 Å². The second-order valence-corrected chi connectivity index (χ2v) is 8.40. The van der Waals surface area contributed by atoms with Crippen LogP contribution in [0.25, 0.3) is 0 Å². The number of phenolic OH excluding ortho intramolecular Hbond substituents is 1. The van der Waals surface area contributed by atoms with Crippen LogP contribution >= 0.6 is 23.2 Å². The van der Waals surface area contributed by atoms with Gasteiger partial charge in [0.1, 0.15) is 11.8 Å². The van der Waals surface area contributed by atoms with Gasteiger partial charge in [-0.1, -0.05) is 48.2 Å². The van der Waals surface area contributed by atoms with Crippen LogP contribution in [-0.2, 0) is 11.2 Å². The van der Waals surface area contributed by atoms with Crippen LogP contribution in [-0.4, -0.2) is 39.8 Å². The first-order valence-electron chi connectivity index (χ1n) is 10.4. The molecule has 1 unspecified atom stereocenters. The zero-order valence-electron chi connectivity index (χ0n) is 17.6. The van der Waals surface area contributed by atoms with Crippen molar-refractivity contribution in [2.45, 2.75) is 50.7 Å². The fourth-order valence-electron chi connectivity index (χ4n) is 3.34. The van der Waals surface area contributed by atoms with Crippen LogP contribution in [0.1, 0.15) is 59.7 Å². The van der Waals surface area contributed by atoms with Crippen molar-refractivity contribution >= 4 is 35.1 Å². The summed E-state index contributed by atoms with van der Waals surface area (Å²) < 4.78 is 0. The molecule has 2 aromatic rings. The Morgan fingerprint density at radius 3 is 2.31 bits per heavy atom. The van der Waals surface area contributed by atoms with Gasteiger partial charge in [-0.25, -0.2) is 4.79 Å². The van der Waals surface area contributed by atoms with E-state index in [1.165, 1.54) is 12.1 Å². The number of aliphatic hydroxyl groups is 1. The third kappa shape index (κ3) is 7.67. The number of rotatable bonds is 12. The van der Waals surface area contributed by atoms with Crippen molar-refractivity contribution in [1.82, 2.24) is 5.32 Å². The lowest BCUT2D eigenvalue weighted by Crippen LogP contribution is -2.41. The molecule has 0 saturated carbocycles. The first kappa shape index (κ1) is 25.9. The first-order chi connectivity index (χ1) is 15.2. The number of carbonyl (C=O) groups excluding carboxylic acids is 1. The Morgan fingerprint density at radius 1 is 1.03 bits per heavy atom. The van der Waals surface area contributed by atoms with Gasteiger partial charge in [0.2, 0.25) is 0 Å². The van der Waals surface area contributed by atoms with Gasteiger partial charge in [0, 0.05) is 0 Å². The van der Waals surface area contributed by atoms with E-state index >= 15 is 0 Å². The van der Waals surface area contributed by atoms with E-state index in [-0.39, 0.29) is 27.8 Å². The van der Waals surface area contributed by atoms with E-state index in [4.69, 9.17) is 28.9 Å². The Labute approximate surface area is 197 Å². The van der Waals surface area contributed by atoms with Crippen LogP contribution in [0.15, 0.2) is 36.4 Å². The molecule has 0 radical (unpaired) electrons. The quantitative estimate of drug-likeness (QED) is 0.289. The van der Waals surface area contributed by atoms with Gasteiger partial charge < -0.3 is 26.4 Å². The van der Waals surface area contributed by atoms with Gasteiger partial charge in [-0.3, -0.25) is 4.79 Å². The molecule has 7 nitrogen and oxygen atoms in total. The SMILES string of the molecule is NCCCCC[C@H](NC(=O)c1c(Cl)cc(C(O)CCc2cccc(O)c2)cc1Cl)C(=O)O. The number of aliphatic hydroxyl groups excluding tert-OH is 1. The molecular weight excluding hydrogens is 455 g/mol. The number of carboxylic acid groups (broad SMARTS) is 1. The lowest BCUT2D eigenvalue weighted by Gasteiger charge is -2.17. The van der Waals surface area contributed by atoms with Gasteiger partial charge in [-0.2, -0.15) is 0 Å². The molecule has 174 valence electrons. The first-order valence-corrected chi connectivity index (χ1v) is 11.2. The van der Waals surface area contributed by atoms with Gasteiger partial charge in [-0.05, 0) is 67.6 Å². The maximum atomic E-state index is 12.7. The Bertz CT molecular complexity index is 915. The van der Waals surface area contributed by atoms with E-state index in [0.717, 1.165) is 18.4 Å². The molecule has 9 heteroatoms. The molecule has 0 aliphatic rings. The van der Waals surface area contributed by atoms with Crippen LogP contribution < -0.4 is 11.1 Å². The average molecular weight is 483 g/mol. The molecule has 2 atom stereocenters. The molecular formula is C23H28Cl2N2O5. The summed E-state index contributed by atoms with van der Waals surface area (Å²) in [6.07, 6.45) is 2.41. The molecule has 2 aromatic carbocycles. The van der Waals surface area contributed by atoms with Crippen LogP contribution in [0.5, 0.6) is 5.75 Å². The summed E-state index contributed by atoms with van der Waals surface area (Å²) in [6, 6.07) is 8.59. The fraction of sp³-hybridized carbons (Fsp3) is 0.391. The Balaban J connectivity index is 2.06. The zero-order valence-corrected chi connectivity index (χ0v) is 19.1. The summed E-state index contributed by atoms with van der Waals surface area (Å²) >= 11 is 12.5. The minimum Gasteiger partial charge on any atom is -0.508 e. The number of halogens is 2. The predicted octanol–water partition coefficient (Wildman–Crippen LogP) is 4.07. The van der Waals surface area contributed by atoms with Crippen molar-refractivity contribution in [2.75, 3.05) is 6.54 Å². The normalized spacial score (nSPS) is 12.9. The highest BCUT2D eigenvalue weighted by molar-refractivity contribution is 6.39. The topological polar surface area (TPSA) is 133 Å². The van der Waals surface area contributed by atoms with Gasteiger partial charge in [0.05, 0.1) is 21.7 Å². The standard InChI is InChI=1S/C23H28Cl2N2O5/c24-17-12-15(20(29)9-8-14-5-4-6-16(28)11-14)13-18(25)21(17)22(30)27-19(23(31)32)7-2-1-3-10-26/h4-6,11-13,19-20,28-29H,1-3,7-10,26H2,(H,27,30)(H,31,32)/t19-,20?/m0/s1. The maximum absolute atomic E-state index is 12.7. The summed E-state index contributed by atoms with van der Waals surface area (Å²) in [6.45, 7) is 0.529. The second-order valence-electron chi connectivity index (χ2n) is 7.59. The second kappa shape index (κ2) is 12.6. The third-order valence-electron chi connectivity index (χ3n) is 5.09. The molecule has 0 aliphatic carbocycles.